The van der Waals surface area contributed by atoms with Crippen molar-refractivity contribution in [2.75, 3.05) is 39.6 Å². The zero-order valence-electron chi connectivity index (χ0n) is 40.9. The van der Waals surface area contributed by atoms with Crippen molar-refractivity contribution in [3.63, 3.8) is 0 Å². The molecule has 26 N–H and O–H groups in total. The minimum atomic E-state index is -2.84. The number of aliphatic hydroxyl groups excluding tert-OH is 26. The first-order valence-corrected chi connectivity index (χ1v) is 23.3. The highest BCUT2D eigenvalue weighted by Crippen LogP contribution is 2.31. The predicted molar refractivity (Wildman–Crippen MR) is 245 cm³/mol. The fourth-order valence-corrected chi connectivity index (χ4v) is 7.02. The average molecular weight is 1130 g/mol. The lowest BCUT2D eigenvalue weighted by Gasteiger charge is -2.43. The van der Waals surface area contributed by atoms with Gasteiger partial charge in [0.25, 0.3) is 0 Å². The Hall–Kier alpha value is -4.84. The molecule has 0 amide bonds. The Morgan fingerprint density at radius 2 is 0.519 bits per heavy atom. The number of aliphatic hydroxyl groups is 26. The second kappa shape index (κ2) is 32.9. The molecule has 3 aliphatic heterocycles. The van der Waals surface area contributed by atoms with Gasteiger partial charge < -0.3 is 171 Å². The summed E-state index contributed by atoms with van der Waals surface area (Å²) < 4.78 is 41.4. The zero-order valence-corrected chi connectivity index (χ0v) is 40.9. The van der Waals surface area contributed by atoms with Crippen molar-refractivity contribution >= 4 is 0 Å². The summed E-state index contributed by atoms with van der Waals surface area (Å²) in [5.74, 6) is -18.5. The van der Waals surface area contributed by atoms with Gasteiger partial charge >= 0.3 is 0 Å². The van der Waals surface area contributed by atoms with Gasteiger partial charge in [0.2, 0.25) is 37.7 Å². The van der Waals surface area contributed by atoms with Gasteiger partial charge in [-0.05, 0) is 6.42 Å². The second-order valence-corrected chi connectivity index (χ2v) is 16.6. The van der Waals surface area contributed by atoms with Crippen LogP contribution in [0.2, 0.25) is 0 Å². The van der Waals surface area contributed by atoms with Gasteiger partial charge in [-0.1, -0.05) is 13.3 Å². The quantitative estimate of drug-likeness (QED) is 0.0830. The third-order valence-corrected chi connectivity index (χ3v) is 11.2. The summed E-state index contributed by atoms with van der Waals surface area (Å²) in [4.78, 5) is 0. The first kappa shape index (κ1) is 68.3. The molecule has 3 rings (SSSR count). The summed E-state index contributed by atoms with van der Waals surface area (Å²) in [6, 6.07) is 0. The molecule has 1 fully saturated rings. The fraction of sp³-hybridized carbons (Fsp3) is 0.721. The number of ether oxygens (including phenoxy) is 8. The molecule has 0 aromatic heterocycles. The maximum atomic E-state index is 11.0. The zero-order chi connectivity index (χ0) is 58.6. The Balaban J connectivity index is 2.87. The standard InChI is InChI=1S/C43H72O34/c1-2-3-15-22(50)29(57)38(65)71-17(5-10-45)24(52)31(59)39(66)72-18(6-11-46)25(53)32(60)40(67)74-19(7-12-47)26(54)34(62)42(69)77-36-21(14-49)76-43(35(63)28(36)56)75-20(8-13-48)27(55)33(61)41(68)73-16(4-9-44)23(51)30(58)37(64)70-15/h15-21,28,35-69H,2-14H2,1H3/b29-22?,30-23+,31-24-,32-25+,33-27+,34-26+. The van der Waals surface area contributed by atoms with E-state index in [1.807, 2.05) is 0 Å². The molecule has 17 atom stereocenters. The monoisotopic (exact) mass is 1130 g/mol. The first-order valence-electron chi connectivity index (χ1n) is 23.3. The third kappa shape index (κ3) is 18.6. The highest BCUT2D eigenvalue weighted by atomic mass is 16.7. The first-order chi connectivity index (χ1) is 36.2. The minimum absolute atomic E-state index is 0.0120. The molecular formula is C43H72O34. The van der Waals surface area contributed by atoms with E-state index in [2.05, 4.69) is 0 Å². The van der Waals surface area contributed by atoms with Gasteiger partial charge in [-0.3, -0.25) is 0 Å². The second-order valence-electron chi connectivity index (χ2n) is 16.6. The molecule has 0 spiro atoms. The SMILES string of the molecule is CCCC1OC(O)/C(O)=C(\O)C(CCO)OC(O)/C(O)=C(\O)C(CCO)OC2OC(CO)C(OC(O)/C(O)=C(\O)C(CCO)OC(O)/C(O)=C(\O)C(CCO)OC(O)/C(O)=C(/O)C(CCO)OC(O)C(O)=C1O)C(O)C2O. The summed E-state index contributed by atoms with van der Waals surface area (Å²) in [7, 11) is 0. The van der Waals surface area contributed by atoms with E-state index in [1.165, 1.54) is 6.92 Å². The van der Waals surface area contributed by atoms with E-state index in [4.69, 9.17) is 37.9 Å². The van der Waals surface area contributed by atoms with Gasteiger partial charge in [0.1, 0.15) is 61.0 Å². The van der Waals surface area contributed by atoms with Crippen molar-refractivity contribution in [1.29, 1.82) is 0 Å². The summed E-state index contributed by atoms with van der Waals surface area (Å²) >= 11 is 0. The van der Waals surface area contributed by atoms with E-state index in [-0.39, 0.29) is 6.42 Å². The van der Waals surface area contributed by atoms with E-state index >= 15 is 0 Å². The van der Waals surface area contributed by atoms with Crippen molar-refractivity contribution < 1.29 is 171 Å². The maximum Gasteiger partial charge on any atom is 0.218 e. The van der Waals surface area contributed by atoms with Crippen molar-refractivity contribution in [3.05, 3.63) is 69.1 Å². The number of rotatable bonds is 13. The largest absolute Gasteiger partial charge is 0.506 e. The summed E-state index contributed by atoms with van der Waals surface area (Å²) in [6.45, 7) is -4.49. The van der Waals surface area contributed by atoms with Gasteiger partial charge in [0.05, 0.1) is 6.61 Å². The van der Waals surface area contributed by atoms with Crippen LogP contribution in [0.3, 0.4) is 0 Å². The van der Waals surface area contributed by atoms with Gasteiger partial charge in [-0.25, -0.2) is 0 Å². The van der Waals surface area contributed by atoms with Crippen LogP contribution < -0.4 is 0 Å². The highest BCUT2D eigenvalue weighted by Gasteiger charge is 2.48. The van der Waals surface area contributed by atoms with Gasteiger partial charge in [0, 0.05) is 65.1 Å². The summed E-state index contributed by atoms with van der Waals surface area (Å²) in [5, 5.41) is 275. The topological polar surface area (TPSA) is 600 Å². The Morgan fingerprint density at radius 3 is 0.753 bits per heavy atom. The predicted octanol–water partition coefficient (Wildman–Crippen LogP) is -4.28. The van der Waals surface area contributed by atoms with Crippen LogP contribution in [0.4, 0.5) is 0 Å². The highest BCUT2D eigenvalue weighted by molar-refractivity contribution is 5.15. The molecular weight excluding hydrogens is 1060 g/mol. The van der Waals surface area contributed by atoms with Crippen molar-refractivity contribution in [1.82, 2.24) is 0 Å². The molecule has 448 valence electrons. The number of hydrogen-bond donors (Lipinski definition) is 26. The van der Waals surface area contributed by atoms with Crippen molar-refractivity contribution in [2.45, 2.75) is 157 Å². The van der Waals surface area contributed by atoms with E-state index in [0.29, 0.717) is 0 Å². The van der Waals surface area contributed by atoms with Crippen LogP contribution in [0.25, 0.3) is 0 Å². The molecule has 0 radical (unpaired) electrons. The van der Waals surface area contributed by atoms with Crippen LogP contribution in [0.15, 0.2) is 69.1 Å². The minimum Gasteiger partial charge on any atom is -0.506 e. The van der Waals surface area contributed by atoms with Crippen molar-refractivity contribution in [2.24, 2.45) is 0 Å². The lowest BCUT2D eigenvalue weighted by atomic mass is 9.98. The van der Waals surface area contributed by atoms with E-state index < -0.39 is 252 Å². The lowest BCUT2D eigenvalue weighted by Crippen LogP contribution is -2.61. The molecule has 77 heavy (non-hydrogen) atoms. The third-order valence-electron chi connectivity index (χ3n) is 11.2. The molecule has 3 aliphatic rings. The molecule has 1 saturated heterocycles. The van der Waals surface area contributed by atoms with Crippen LogP contribution in [0.5, 0.6) is 0 Å². The van der Waals surface area contributed by atoms with E-state index in [1.54, 1.807) is 0 Å². The van der Waals surface area contributed by atoms with E-state index in [9.17, 15) is 133 Å². The molecule has 34 nitrogen and oxygen atoms in total. The summed E-state index contributed by atoms with van der Waals surface area (Å²) in [5.41, 5.74) is 0. The fourth-order valence-electron chi connectivity index (χ4n) is 7.02. The van der Waals surface area contributed by atoms with Gasteiger partial charge in [0.15, 0.2) is 75.4 Å². The Kier molecular flexibility index (Phi) is 29.2. The number of fused-ring (bicyclic) bond motifs is 26. The lowest BCUT2D eigenvalue weighted by molar-refractivity contribution is -0.329. The molecule has 0 aromatic rings. The van der Waals surface area contributed by atoms with Crippen LogP contribution in [-0.4, -0.2) is 277 Å². The number of hydrogen-bond acceptors (Lipinski definition) is 34. The molecule has 17 unspecified atom stereocenters. The van der Waals surface area contributed by atoms with Crippen LogP contribution >= 0.6 is 0 Å². The molecule has 2 bridgehead atoms. The molecule has 3 heterocycles. The molecule has 0 saturated carbocycles. The van der Waals surface area contributed by atoms with Crippen LogP contribution in [-0.2, 0) is 37.9 Å². The Bertz CT molecular complexity index is 1990. The van der Waals surface area contributed by atoms with E-state index in [0.717, 1.165) is 0 Å². The van der Waals surface area contributed by atoms with Gasteiger partial charge in [-0.2, -0.15) is 0 Å². The smallest absolute Gasteiger partial charge is 0.218 e. The Labute approximate surface area is 435 Å². The molecule has 0 aliphatic carbocycles. The molecule has 34 heteroatoms. The van der Waals surface area contributed by atoms with Crippen LogP contribution in [0.1, 0.15) is 51.9 Å². The normalized spacial score (nSPS) is 39.5. The molecule has 0 aromatic carbocycles. The average Bonchev–Trinajstić information content (AvgIpc) is 3.40. The van der Waals surface area contributed by atoms with Crippen LogP contribution in [0, 0.1) is 0 Å². The maximum absolute atomic E-state index is 11.0. The van der Waals surface area contributed by atoms with Crippen molar-refractivity contribution in [3.8, 4) is 0 Å². The van der Waals surface area contributed by atoms with Gasteiger partial charge in [-0.15, -0.1) is 0 Å². The summed E-state index contributed by atoms with van der Waals surface area (Å²) in [6.07, 6.45) is -44.9. The Morgan fingerprint density at radius 1 is 0.286 bits per heavy atom.